The lowest BCUT2D eigenvalue weighted by molar-refractivity contribution is 0.0855. The van der Waals surface area contributed by atoms with E-state index in [1.807, 2.05) is 6.07 Å². The van der Waals surface area contributed by atoms with Gasteiger partial charge in [0.1, 0.15) is 5.82 Å². The average molecular weight is 556 g/mol. The van der Waals surface area contributed by atoms with Gasteiger partial charge in [0.2, 0.25) is 0 Å². The van der Waals surface area contributed by atoms with Crippen LogP contribution in [0.2, 0.25) is 0 Å². The zero-order chi connectivity index (χ0) is 26.1. The Morgan fingerprint density at radius 3 is 2.51 bits per heavy atom. The molecule has 0 bridgehead atoms. The zero-order valence-electron chi connectivity index (χ0n) is 22.7. The van der Waals surface area contributed by atoms with Crippen LogP contribution in [0.3, 0.4) is 0 Å². The van der Waals surface area contributed by atoms with Gasteiger partial charge in [0, 0.05) is 57.0 Å². The van der Waals surface area contributed by atoms with Gasteiger partial charge in [-0.2, -0.15) is 4.98 Å². The molecule has 1 aliphatic heterocycles. The summed E-state index contributed by atoms with van der Waals surface area (Å²) in [6, 6.07) is 9.53. The number of rotatable bonds is 6. The van der Waals surface area contributed by atoms with Gasteiger partial charge in [0.25, 0.3) is 0 Å². The molecule has 6 rings (SSSR count). The van der Waals surface area contributed by atoms with Crippen molar-refractivity contribution >= 4 is 24.3 Å². The lowest BCUT2D eigenvalue weighted by atomic mass is 9.84. The first-order chi connectivity index (χ1) is 18.5. The SMILES string of the molecule is Cl.N[C@H]1CC[C@H](N(CC2CC2)C2CCc3cc(-n4ccc(NC(=O)N5CCNCC5)nc4=O)ccc3C2)CC1. The Kier molecular flexibility index (Phi) is 8.91. The highest BCUT2D eigenvalue weighted by Gasteiger charge is 2.35. The number of hydrogen-bond acceptors (Lipinski definition) is 6. The van der Waals surface area contributed by atoms with Crippen LogP contribution in [0.1, 0.15) is 56.1 Å². The summed E-state index contributed by atoms with van der Waals surface area (Å²) in [5, 5.41) is 5.99. The van der Waals surface area contributed by atoms with Crippen molar-refractivity contribution in [3.63, 3.8) is 0 Å². The van der Waals surface area contributed by atoms with E-state index in [0.717, 1.165) is 56.8 Å². The molecule has 1 unspecified atom stereocenters. The zero-order valence-corrected chi connectivity index (χ0v) is 23.5. The van der Waals surface area contributed by atoms with E-state index in [-0.39, 0.29) is 29.9 Å². The molecular formula is C29H42ClN7O2. The lowest BCUT2D eigenvalue weighted by Gasteiger charge is -2.43. The molecule has 1 atom stereocenters. The molecule has 2 saturated carbocycles. The Morgan fingerprint density at radius 1 is 1.03 bits per heavy atom. The van der Waals surface area contributed by atoms with Gasteiger partial charge in [-0.05, 0) is 93.0 Å². The lowest BCUT2D eigenvalue weighted by Crippen LogP contribution is -2.49. The number of carbonyl (C=O) groups excluding carboxylic acids is 1. The maximum Gasteiger partial charge on any atom is 0.354 e. The van der Waals surface area contributed by atoms with Crippen LogP contribution in [0.4, 0.5) is 10.6 Å². The third-order valence-electron chi connectivity index (χ3n) is 8.96. The van der Waals surface area contributed by atoms with Crippen molar-refractivity contribution in [1.82, 2.24) is 24.7 Å². The second-order valence-electron chi connectivity index (χ2n) is 11.7. The van der Waals surface area contributed by atoms with Crippen molar-refractivity contribution in [3.8, 4) is 5.69 Å². The fourth-order valence-corrected chi connectivity index (χ4v) is 6.51. The minimum atomic E-state index is -0.386. The molecule has 3 aliphatic carbocycles. The predicted octanol–water partition coefficient (Wildman–Crippen LogP) is 2.93. The van der Waals surface area contributed by atoms with Crippen LogP contribution >= 0.6 is 12.4 Å². The van der Waals surface area contributed by atoms with E-state index in [2.05, 4.69) is 32.7 Å². The molecule has 1 aromatic heterocycles. The van der Waals surface area contributed by atoms with E-state index in [0.29, 0.717) is 31.2 Å². The quantitative estimate of drug-likeness (QED) is 0.506. The summed E-state index contributed by atoms with van der Waals surface area (Å²) in [4.78, 5) is 34.1. The molecule has 4 aliphatic rings. The number of hydrogen-bond donors (Lipinski definition) is 3. The molecule has 9 nitrogen and oxygen atoms in total. The third kappa shape index (κ3) is 6.65. The van der Waals surface area contributed by atoms with Crippen molar-refractivity contribution in [1.29, 1.82) is 0 Å². The highest BCUT2D eigenvalue weighted by molar-refractivity contribution is 5.88. The number of benzene rings is 1. The number of anilines is 1. The molecule has 39 heavy (non-hydrogen) atoms. The van der Waals surface area contributed by atoms with Crippen LogP contribution in [0, 0.1) is 5.92 Å². The molecule has 3 fully saturated rings. The minimum Gasteiger partial charge on any atom is -0.328 e. The van der Waals surface area contributed by atoms with Gasteiger partial charge in [-0.25, -0.2) is 9.59 Å². The number of aromatic nitrogens is 2. The van der Waals surface area contributed by atoms with Crippen LogP contribution < -0.4 is 22.1 Å². The topological polar surface area (TPSA) is 109 Å². The van der Waals surface area contributed by atoms with Crippen molar-refractivity contribution in [2.75, 3.05) is 38.0 Å². The summed E-state index contributed by atoms with van der Waals surface area (Å²) in [5.74, 6) is 1.17. The van der Waals surface area contributed by atoms with Crippen LogP contribution in [-0.2, 0) is 12.8 Å². The first-order valence-electron chi connectivity index (χ1n) is 14.5. The van der Waals surface area contributed by atoms with Gasteiger partial charge in [0.15, 0.2) is 0 Å². The van der Waals surface area contributed by atoms with E-state index in [1.165, 1.54) is 43.4 Å². The molecule has 2 aromatic rings. The maximum atomic E-state index is 12.9. The number of nitrogens with one attached hydrogen (secondary N) is 2. The highest BCUT2D eigenvalue weighted by Crippen LogP contribution is 2.36. The molecular weight excluding hydrogens is 514 g/mol. The number of nitrogens with two attached hydrogens (primary N) is 1. The van der Waals surface area contributed by atoms with E-state index in [9.17, 15) is 9.59 Å². The molecule has 212 valence electrons. The molecule has 1 saturated heterocycles. The largest absolute Gasteiger partial charge is 0.354 e. The number of urea groups is 1. The van der Waals surface area contributed by atoms with Gasteiger partial charge in [-0.1, -0.05) is 6.07 Å². The number of carbonyl (C=O) groups is 1. The summed E-state index contributed by atoms with van der Waals surface area (Å²) < 4.78 is 1.57. The van der Waals surface area contributed by atoms with Gasteiger partial charge < -0.3 is 16.0 Å². The summed E-state index contributed by atoms with van der Waals surface area (Å²) in [5.41, 5.74) is 9.39. The second-order valence-corrected chi connectivity index (χ2v) is 11.7. The van der Waals surface area contributed by atoms with Crippen LogP contribution in [0.5, 0.6) is 0 Å². The molecule has 10 heteroatoms. The summed E-state index contributed by atoms with van der Waals surface area (Å²) >= 11 is 0. The molecule has 2 amide bonds. The number of fused-ring (bicyclic) bond motifs is 1. The number of amides is 2. The Balaban J connectivity index is 0.00000308. The van der Waals surface area contributed by atoms with Crippen molar-refractivity contribution in [2.24, 2.45) is 11.7 Å². The Morgan fingerprint density at radius 2 is 1.79 bits per heavy atom. The fraction of sp³-hybridized carbons (Fsp3) is 0.621. The Labute approximate surface area is 236 Å². The molecule has 2 heterocycles. The normalized spacial score (nSPS) is 25.1. The summed E-state index contributed by atoms with van der Waals surface area (Å²) in [6.07, 6.45) is 12.5. The Hall–Kier alpha value is -2.46. The van der Waals surface area contributed by atoms with Crippen molar-refractivity contribution in [3.05, 3.63) is 52.1 Å². The highest BCUT2D eigenvalue weighted by atomic mass is 35.5. The second kappa shape index (κ2) is 12.4. The molecule has 0 spiro atoms. The van der Waals surface area contributed by atoms with Gasteiger partial charge in [0.05, 0.1) is 5.69 Å². The molecule has 4 N–H and O–H groups in total. The standard InChI is InChI=1S/C29H41N7O2.ClH/c30-23-5-9-24(10-6-23)36(19-20-1-2-20)26-8-4-21-17-25(7-3-22(21)18-26)35-14-11-27(33-29(35)38)32-28(37)34-15-12-31-13-16-34;/h3,7,11,14,17,20,23-24,26,31H,1-2,4-6,8-10,12-13,15-16,18-19,30H2,(H,32,33,37,38);1H/t23-,24-,26?;. The van der Waals surface area contributed by atoms with E-state index < -0.39 is 0 Å². The first kappa shape index (κ1) is 28.1. The van der Waals surface area contributed by atoms with Gasteiger partial charge in [-0.15, -0.1) is 12.4 Å². The van der Waals surface area contributed by atoms with Crippen molar-refractivity contribution in [2.45, 2.75) is 75.9 Å². The van der Waals surface area contributed by atoms with E-state index in [4.69, 9.17) is 5.73 Å². The van der Waals surface area contributed by atoms with E-state index >= 15 is 0 Å². The van der Waals surface area contributed by atoms with E-state index in [1.54, 1.807) is 21.7 Å². The minimum absolute atomic E-state index is 0. The first-order valence-corrected chi connectivity index (χ1v) is 14.5. The van der Waals surface area contributed by atoms with Crippen molar-refractivity contribution < 1.29 is 4.79 Å². The monoisotopic (exact) mass is 555 g/mol. The third-order valence-corrected chi connectivity index (χ3v) is 8.96. The number of aryl methyl sites for hydroxylation is 1. The number of piperazine rings is 1. The summed E-state index contributed by atoms with van der Waals surface area (Å²) in [6.45, 7) is 4.08. The fourth-order valence-electron chi connectivity index (χ4n) is 6.51. The molecule has 0 radical (unpaired) electrons. The molecule has 1 aromatic carbocycles. The van der Waals surface area contributed by atoms with Gasteiger partial charge in [-0.3, -0.25) is 14.8 Å². The average Bonchev–Trinajstić information content (AvgIpc) is 3.77. The number of nitrogens with zero attached hydrogens (tertiary/aromatic N) is 4. The predicted molar refractivity (Wildman–Crippen MR) is 156 cm³/mol. The number of halogens is 1. The van der Waals surface area contributed by atoms with Crippen LogP contribution in [0.15, 0.2) is 35.3 Å². The summed E-state index contributed by atoms with van der Waals surface area (Å²) in [7, 11) is 0. The van der Waals surface area contributed by atoms with Gasteiger partial charge >= 0.3 is 11.7 Å². The Bertz CT molecular complexity index is 1200. The van der Waals surface area contributed by atoms with Crippen LogP contribution in [-0.4, -0.2) is 76.2 Å². The van der Waals surface area contributed by atoms with Crippen LogP contribution in [0.25, 0.3) is 5.69 Å². The maximum absolute atomic E-state index is 12.9. The smallest absolute Gasteiger partial charge is 0.328 e.